The number of phenols is 1. The summed E-state index contributed by atoms with van der Waals surface area (Å²) in [6.45, 7) is 0. The number of rotatable bonds is 7. The van der Waals surface area contributed by atoms with Crippen LogP contribution in [0.25, 0.3) is 0 Å². The number of ether oxygens (including phenoxy) is 1. The molecule has 0 radical (unpaired) electrons. The lowest BCUT2D eigenvalue weighted by atomic mass is 10.2. The third-order valence-corrected chi connectivity index (χ3v) is 5.22. The fraction of sp³-hybridized carbons (Fsp3) is 0.0476. The minimum Gasteiger partial charge on any atom is -0.507 e. The normalized spacial score (nSPS) is 11.2. The van der Waals surface area contributed by atoms with E-state index in [0.29, 0.717) is 11.3 Å². The second-order valence-electron chi connectivity index (χ2n) is 6.00. The minimum atomic E-state index is -3.98. The molecular formula is C21H18N2O6S. The van der Waals surface area contributed by atoms with E-state index in [1.165, 1.54) is 61.9 Å². The standard InChI is InChI=1S/C21H18N2O6S/c1-28-16-10-12-18(13-11-16)30(26,27)29-17-8-6-15(7-9-17)14-22-23-21(25)19-4-2-3-5-20(19)24/h2-14,24H,1H3,(H,23,25)/b22-14-. The average molecular weight is 426 g/mol. The van der Waals surface area contributed by atoms with Gasteiger partial charge in [-0.1, -0.05) is 12.1 Å². The Bertz CT molecular complexity index is 1160. The molecule has 8 nitrogen and oxygen atoms in total. The highest BCUT2D eigenvalue weighted by atomic mass is 32.2. The van der Waals surface area contributed by atoms with Crippen molar-refractivity contribution in [1.82, 2.24) is 5.43 Å². The van der Waals surface area contributed by atoms with E-state index in [9.17, 15) is 18.3 Å². The number of hydrogen-bond acceptors (Lipinski definition) is 7. The molecule has 0 spiro atoms. The summed E-state index contributed by atoms with van der Waals surface area (Å²) in [5, 5.41) is 13.5. The molecule has 0 aliphatic rings. The maximum atomic E-state index is 12.3. The van der Waals surface area contributed by atoms with Crippen molar-refractivity contribution >= 4 is 22.2 Å². The predicted octanol–water partition coefficient (Wildman–Crippen LogP) is 2.93. The van der Waals surface area contributed by atoms with E-state index in [4.69, 9.17) is 8.92 Å². The number of carbonyl (C=O) groups excluding carboxylic acids is 1. The number of nitrogens with one attached hydrogen (secondary N) is 1. The Morgan fingerprint density at radius 1 is 0.967 bits per heavy atom. The highest BCUT2D eigenvalue weighted by Crippen LogP contribution is 2.21. The lowest BCUT2D eigenvalue weighted by Gasteiger charge is -2.08. The van der Waals surface area contributed by atoms with Gasteiger partial charge in [0.1, 0.15) is 22.1 Å². The number of amides is 1. The van der Waals surface area contributed by atoms with E-state index in [-0.39, 0.29) is 22.0 Å². The molecule has 1 amide bonds. The SMILES string of the molecule is COc1ccc(S(=O)(=O)Oc2ccc(/C=N\NC(=O)c3ccccc3O)cc2)cc1. The number of methoxy groups -OCH3 is 1. The monoisotopic (exact) mass is 426 g/mol. The van der Waals surface area contributed by atoms with Gasteiger partial charge in [0, 0.05) is 0 Å². The fourth-order valence-electron chi connectivity index (χ4n) is 2.42. The first-order valence-electron chi connectivity index (χ1n) is 8.69. The topological polar surface area (TPSA) is 114 Å². The summed E-state index contributed by atoms with van der Waals surface area (Å²) in [6, 6.07) is 18.0. The molecule has 0 aliphatic carbocycles. The summed E-state index contributed by atoms with van der Waals surface area (Å²) < 4.78 is 34.8. The van der Waals surface area contributed by atoms with Gasteiger partial charge in [0.15, 0.2) is 0 Å². The van der Waals surface area contributed by atoms with Crippen molar-refractivity contribution < 1.29 is 27.2 Å². The first kappa shape index (κ1) is 20.9. The third kappa shape index (κ3) is 5.15. The number of benzene rings is 3. The van der Waals surface area contributed by atoms with E-state index in [0.717, 1.165) is 0 Å². The summed E-state index contributed by atoms with van der Waals surface area (Å²) in [5.41, 5.74) is 3.00. The summed E-state index contributed by atoms with van der Waals surface area (Å²) in [6.07, 6.45) is 1.37. The summed E-state index contributed by atoms with van der Waals surface area (Å²) in [5.74, 6) is -0.0481. The molecule has 30 heavy (non-hydrogen) atoms. The van der Waals surface area contributed by atoms with Gasteiger partial charge in [0.2, 0.25) is 0 Å². The van der Waals surface area contributed by atoms with Gasteiger partial charge in [-0.15, -0.1) is 0 Å². The van der Waals surface area contributed by atoms with Gasteiger partial charge < -0.3 is 14.0 Å². The Kier molecular flexibility index (Phi) is 6.33. The molecular weight excluding hydrogens is 408 g/mol. The largest absolute Gasteiger partial charge is 0.507 e. The number of carbonyl (C=O) groups is 1. The molecule has 0 atom stereocenters. The van der Waals surface area contributed by atoms with Crippen LogP contribution >= 0.6 is 0 Å². The van der Waals surface area contributed by atoms with Crippen LogP contribution in [0.15, 0.2) is 82.8 Å². The van der Waals surface area contributed by atoms with Gasteiger partial charge in [0.05, 0.1) is 18.9 Å². The fourth-order valence-corrected chi connectivity index (χ4v) is 3.35. The zero-order valence-corrected chi connectivity index (χ0v) is 16.7. The molecule has 0 aromatic heterocycles. The van der Waals surface area contributed by atoms with Crippen molar-refractivity contribution in [2.75, 3.05) is 7.11 Å². The van der Waals surface area contributed by atoms with Crippen LogP contribution in [0.4, 0.5) is 0 Å². The summed E-state index contributed by atoms with van der Waals surface area (Å²) in [4.78, 5) is 12.0. The molecule has 3 aromatic carbocycles. The maximum absolute atomic E-state index is 12.3. The van der Waals surface area contributed by atoms with Crippen LogP contribution in [0.5, 0.6) is 17.2 Å². The minimum absolute atomic E-state index is 0.000756. The first-order valence-corrected chi connectivity index (χ1v) is 10.1. The van der Waals surface area contributed by atoms with Crippen molar-refractivity contribution in [3.8, 4) is 17.2 Å². The zero-order chi connectivity index (χ0) is 21.6. The Morgan fingerprint density at radius 3 is 2.23 bits per heavy atom. The Morgan fingerprint density at radius 2 is 1.60 bits per heavy atom. The van der Waals surface area contributed by atoms with E-state index in [1.807, 2.05) is 0 Å². The van der Waals surface area contributed by atoms with Crippen molar-refractivity contribution in [3.63, 3.8) is 0 Å². The van der Waals surface area contributed by atoms with E-state index < -0.39 is 16.0 Å². The average Bonchev–Trinajstić information content (AvgIpc) is 2.75. The molecule has 154 valence electrons. The molecule has 0 unspecified atom stereocenters. The Labute approximate surface area is 173 Å². The number of para-hydroxylation sites is 1. The van der Waals surface area contributed by atoms with Gasteiger partial charge >= 0.3 is 10.1 Å². The van der Waals surface area contributed by atoms with Gasteiger partial charge in [0.25, 0.3) is 5.91 Å². The lowest BCUT2D eigenvalue weighted by molar-refractivity contribution is 0.0952. The number of phenolic OH excluding ortho intramolecular Hbond substituents is 1. The quantitative estimate of drug-likeness (QED) is 0.341. The highest BCUT2D eigenvalue weighted by molar-refractivity contribution is 7.87. The molecule has 2 N–H and O–H groups in total. The van der Waals surface area contributed by atoms with Crippen molar-refractivity contribution in [3.05, 3.63) is 83.9 Å². The molecule has 0 saturated heterocycles. The summed E-state index contributed by atoms with van der Waals surface area (Å²) >= 11 is 0. The Balaban J connectivity index is 1.62. The van der Waals surface area contributed by atoms with Crippen molar-refractivity contribution in [2.24, 2.45) is 5.10 Å². The lowest BCUT2D eigenvalue weighted by Crippen LogP contribution is -2.17. The van der Waals surface area contributed by atoms with Gasteiger partial charge in [-0.25, -0.2) is 5.43 Å². The van der Waals surface area contributed by atoms with E-state index in [2.05, 4.69) is 10.5 Å². The van der Waals surface area contributed by atoms with Gasteiger partial charge in [-0.3, -0.25) is 4.79 Å². The predicted molar refractivity (Wildman–Crippen MR) is 110 cm³/mol. The van der Waals surface area contributed by atoms with Crippen LogP contribution in [-0.4, -0.2) is 32.8 Å². The van der Waals surface area contributed by atoms with Gasteiger partial charge in [-0.2, -0.15) is 13.5 Å². The Hall–Kier alpha value is -3.85. The maximum Gasteiger partial charge on any atom is 0.339 e. The second kappa shape index (κ2) is 9.10. The molecule has 0 saturated carbocycles. The highest BCUT2D eigenvalue weighted by Gasteiger charge is 2.16. The van der Waals surface area contributed by atoms with Crippen LogP contribution in [-0.2, 0) is 10.1 Å². The number of aromatic hydroxyl groups is 1. The van der Waals surface area contributed by atoms with Gasteiger partial charge in [-0.05, 0) is 66.2 Å². The molecule has 3 rings (SSSR count). The van der Waals surface area contributed by atoms with Crippen molar-refractivity contribution in [1.29, 1.82) is 0 Å². The first-order chi connectivity index (χ1) is 14.4. The number of nitrogens with zero attached hydrogens (tertiary/aromatic N) is 1. The van der Waals surface area contributed by atoms with E-state index >= 15 is 0 Å². The van der Waals surface area contributed by atoms with Crippen LogP contribution in [0, 0.1) is 0 Å². The zero-order valence-electron chi connectivity index (χ0n) is 15.8. The smallest absolute Gasteiger partial charge is 0.339 e. The van der Waals surface area contributed by atoms with Crippen LogP contribution < -0.4 is 14.3 Å². The van der Waals surface area contributed by atoms with Crippen LogP contribution in [0.1, 0.15) is 15.9 Å². The molecule has 0 aliphatic heterocycles. The van der Waals surface area contributed by atoms with Crippen molar-refractivity contribution in [2.45, 2.75) is 4.90 Å². The third-order valence-electron chi connectivity index (χ3n) is 3.96. The number of hydrogen-bond donors (Lipinski definition) is 2. The molecule has 0 fully saturated rings. The van der Waals surface area contributed by atoms with E-state index in [1.54, 1.807) is 24.3 Å². The molecule has 3 aromatic rings. The number of hydrazone groups is 1. The molecule has 0 bridgehead atoms. The second-order valence-corrected chi connectivity index (χ2v) is 7.54. The summed E-state index contributed by atoms with van der Waals surface area (Å²) in [7, 11) is -2.50. The molecule has 9 heteroatoms. The van der Waals surface area contributed by atoms with Crippen LogP contribution in [0.2, 0.25) is 0 Å². The van der Waals surface area contributed by atoms with Crippen LogP contribution in [0.3, 0.4) is 0 Å². The molecule has 0 heterocycles.